The summed E-state index contributed by atoms with van der Waals surface area (Å²) in [6.07, 6.45) is 29.8. The van der Waals surface area contributed by atoms with E-state index in [1.54, 1.807) is 5.57 Å². The molecule has 14 radical (unpaired) electrons. The zero-order valence-corrected chi connectivity index (χ0v) is 43.7. The van der Waals surface area contributed by atoms with E-state index in [-0.39, 0.29) is 25.4 Å². The van der Waals surface area contributed by atoms with Crippen molar-refractivity contribution >= 4 is 93.4 Å². The van der Waals surface area contributed by atoms with E-state index in [1.807, 2.05) is 5.57 Å². The van der Waals surface area contributed by atoms with E-state index >= 15 is 0 Å². The lowest BCUT2D eigenvalue weighted by molar-refractivity contribution is -0.141. The Morgan fingerprint density at radius 3 is 1.57 bits per heavy atom. The van der Waals surface area contributed by atoms with Crippen LogP contribution >= 0.6 is 0 Å². The van der Waals surface area contributed by atoms with Crippen molar-refractivity contribution < 1.29 is 19.7 Å². The summed E-state index contributed by atoms with van der Waals surface area (Å²) in [5.74, 6) is 9.19. The topological polar surface area (TPSA) is 66.8 Å². The van der Waals surface area contributed by atoms with Crippen molar-refractivity contribution in [2.24, 2.45) is 86.8 Å². The number of carbonyl (C=O) groups is 1. The van der Waals surface area contributed by atoms with E-state index in [1.165, 1.54) is 103 Å². The van der Waals surface area contributed by atoms with E-state index in [0.29, 0.717) is 34.0 Å². The first-order valence-corrected chi connectivity index (χ1v) is 27.4. The number of ether oxygens (including phenoxy) is 1. The quantitative estimate of drug-likeness (QED) is 0.130. The van der Waals surface area contributed by atoms with Gasteiger partial charge in [-0.05, 0) is 222 Å². The number of aliphatic hydroxyl groups is 2. The molecule has 0 heterocycles. The van der Waals surface area contributed by atoms with Gasteiger partial charge in [0.25, 0.3) is 0 Å². The number of esters is 1. The van der Waals surface area contributed by atoms with Crippen molar-refractivity contribution in [2.75, 3.05) is 7.11 Å². The summed E-state index contributed by atoms with van der Waals surface area (Å²) in [5.41, 5.74) is 4.99. The van der Waals surface area contributed by atoms with Gasteiger partial charge in [0.15, 0.2) is 0 Å². The standard InChI is InChI=1S/2C26H42O2.B10.B2H3/c1-17(8-13-26(28)14-15-26)21-6-7-22-20-5-4-18-16-19(27)9-11-24(18,2)23(20)10-12-25(21,22)3;1-17-12-14-25(3)19(16-17)7-8-20-22-10-9-21(18(2)6-11-24(27)28-5)26(22,4)15-13-23(20)25;1-7(2)10(8(3)4)9(5)6;1-2/h4,17,19-23,27-28H,5-16H2,1-3H3;7,17-18,20-23H,6,8-16H2,1-5H3;;1H3/q;;;-1/t17-,19+,20?,21-,22?,23?,24+,25-;17-,18+,20?,21+,22?,23?,25-,26+;;/m10../s1. The van der Waals surface area contributed by atoms with Crippen molar-refractivity contribution in [1.82, 2.24) is 0 Å². The van der Waals surface area contributed by atoms with Crippen molar-refractivity contribution in [3.05, 3.63) is 23.3 Å². The summed E-state index contributed by atoms with van der Waals surface area (Å²) in [4.78, 5) is 11.6. The molecule has 9 aliphatic rings. The van der Waals surface area contributed by atoms with Crippen LogP contribution in [0.5, 0.6) is 0 Å². The van der Waals surface area contributed by atoms with Gasteiger partial charge in [-0.25, -0.2) is 0 Å². The lowest BCUT2D eigenvalue weighted by atomic mass is 8.58. The molecular formula is C52H87B12O4-. The van der Waals surface area contributed by atoms with Gasteiger partial charge in [-0.3, -0.25) is 4.79 Å². The normalized spacial score (nSPS) is 40.9. The molecule has 0 aromatic rings. The first kappa shape index (κ1) is 56.9. The van der Waals surface area contributed by atoms with Crippen molar-refractivity contribution in [2.45, 2.75) is 201 Å². The third-order valence-corrected chi connectivity index (χ3v) is 22.2. The van der Waals surface area contributed by atoms with Gasteiger partial charge in [0.2, 0.25) is 0 Å². The van der Waals surface area contributed by atoms with Crippen molar-refractivity contribution in [1.29, 1.82) is 0 Å². The van der Waals surface area contributed by atoms with Crippen LogP contribution < -0.4 is 0 Å². The van der Waals surface area contributed by atoms with Crippen LogP contribution in [-0.2, 0) is 9.53 Å². The van der Waals surface area contributed by atoms with Crippen molar-refractivity contribution in [3.63, 3.8) is 0 Å². The van der Waals surface area contributed by atoms with Crippen LogP contribution in [0.3, 0.4) is 0 Å². The maximum Gasteiger partial charge on any atom is 0.305 e. The van der Waals surface area contributed by atoms with Crippen LogP contribution in [0.4, 0.5) is 0 Å². The van der Waals surface area contributed by atoms with Crippen LogP contribution in [0.2, 0.25) is 0 Å². The highest BCUT2D eigenvalue weighted by Gasteiger charge is 2.61. The highest BCUT2D eigenvalue weighted by molar-refractivity contribution is 8.00. The third-order valence-electron chi connectivity index (χ3n) is 22.2. The number of rotatable bonds is 11. The molecule has 16 heteroatoms. The molecule has 9 aliphatic carbocycles. The Morgan fingerprint density at radius 1 is 0.676 bits per heavy atom. The van der Waals surface area contributed by atoms with Gasteiger partial charge >= 0.3 is 5.97 Å². The molecule has 7 saturated carbocycles. The third kappa shape index (κ3) is 11.6. The number of hydrogen-bond donors (Lipinski definition) is 2. The highest BCUT2D eigenvalue weighted by Crippen LogP contribution is 2.69. The predicted octanol–water partition coefficient (Wildman–Crippen LogP) is 7.29. The molecule has 7 fully saturated rings. The number of carbonyl (C=O) groups excluding carboxylic acids is 1. The van der Waals surface area contributed by atoms with Gasteiger partial charge in [0, 0.05) is 78.4 Å². The molecule has 6 unspecified atom stereocenters. The SMILES string of the molecule is COC(=O)CC[C@@H](C)[C@H]1CCC2C3CC=C4C[C@@H](C)CC[C@]4(C)C3CC[C@@]21C.C[C@H](CCC1(O)CC1)[C@H]1CCC2C3CC=C4C[C@@H](O)CC[C@]4(C)C3CC[C@@]21C.[B]B([B])B(B([B])[B])B([B])[B].[B][BH3-]. The number of methoxy groups -OCH3 is 1. The molecule has 356 valence electrons. The molecule has 9 rings (SSSR count). The minimum absolute atomic E-state index is 0.0420. The smallest absolute Gasteiger partial charge is 0.305 e. The average Bonchev–Trinajstić information content (AvgIpc) is 3.76. The first-order valence-electron chi connectivity index (χ1n) is 27.4. The summed E-state index contributed by atoms with van der Waals surface area (Å²) in [5, 5.41) is 20.5. The van der Waals surface area contributed by atoms with E-state index in [4.69, 9.17) is 58.9 Å². The van der Waals surface area contributed by atoms with Crippen LogP contribution in [0, 0.1) is 86.8 Å². The fourth-order valence-electron chi connectivity index (χ4n) is 17.9. The van der Waals surface area contributed by atoms with Gasteiger partial charge in [0.05, 0.1) is 18.8 Å². The largest absolute Gasteiger partial charge is 0.469 e. The second-order valence-corrected chi connectivity index (χ2v) is 25.9. The molecule has 0 amide bonds. The van der Waals surface area contributed by atoms with Gasteiger partial charge in [-0.2, -0.15) is 7.74 Å². The van der Waals surface area contributed by atoms with Gasteiger partial charge < -0.3 is 14.9 Å². The van der Waals surface area contributed by atoms with E-state index in [0.717, 1.165) is 97.7 Å². The Morgan fingerprint density at radius 2 is 1.13 bits per heavy atom. The van der Waals surface area contributed by atoms with Crippen LogP contribution in [0.1, 0.15) is 190 Å². The summed E-state index contributed by atoms with van der Waals surface area (Å²) in [6, 6.07) is 0. The van der Waals surface area contributed by atoms with Gasteiger partial charge in [-0.1, -0.05) is 79.5 Å². The fourth-order valence-corrected chi connectivity index (χ4v) is 17.9. The maximum atomic E-state index is 11.6. The predicted molar refractivity (Wildman–Crippen MR) is 302 cm³/mol. The molecule has 0 saturated heterocycles. The zero-order valence-electron chi connectivity index (χ0n) is 43.7. The van der Waals surface area contributed by atoms with Gasteiger partial charge in [0.1, 0.15) is 0 Å². The molecule has 0 bridgehead atoms. The lowest BCUT2D eigenvalue weighted by Crippen LogP contribution is -2.62. The number of fused-ring (bicyclic) bond motifs is 10. The van der Waals surface area contributed by atoms with Crippen LogP contribution in [0.25, 0.3) is 0 Å². The monoisotopic (exact) mass is 908 g/mol. The number of allylic oxidation sites excluding steroid dienone is 3. The molecule has 0 aromatic carbocycles. The number of hydrogen-bond acceptors (Lipinski definition) is 4. The Kier molecular flexibility index (Phi) is 19.3. The lowest BCUT2D eigenvalue weighted by Gasteiger charge is -2.58. The summed E-state index contributed by atoms with van der Waals surface area (Å²) in [7, 11) is 38.3. The summed E-state index contributed by atoms with van der Waals surface area (Å²) in [6.45, 7) is 17.7. The van der Waals surface area contributed by atoms with Crippen LogP contribution in [0.15, 0.2) is 23.3 Å². The second-order valence-electron chi connectivity index (χ2n) is 25.9. The molecule has 68 heavy (non-hydrogen) atoms. The maximum absolute atomic E-state index is 11.6. The van der Waals surface area contributed by atoms with E-state index < -0.39 is 25.5 Å². The molecular weight excluding hydrogens is 818 g/mol. The Hall–Kier alpha value is -0.351. The molecule has 16 atom stereocenters. The Balaban J connectivity index is 0.000000182. The highest BCUT2D eigenvalue weighted by atomic mass is 16.5. The molecule has 0 aliphatic heterocycles. The minimum atomic E-state index is -0.667. The van der Waals surface area contributed by atoms with Crippen LogP contribution in [-0.4, -0.2) is 122 Å². The summed E-state index contributed by atoms with van der Waals surface area (Å²) >= 11 is 0. The molecule has 4 nitrogen and oxygen atoms in total. The molecule has 0 spiro atoms. The Labute approximate surface area is 429 Å². The first-order chi connectivity index (χ1) is 32.0. The van der Waals surface area contributed by atoms with Gasteiger partial charge in [-0.15, -0.1) is 0 Å². The average molecular weight is 906 g/mol. The number of aliphatic hydroxyl groups excluding tert-OH is 1. The Bertz CT molecular complexity index is 1730. The molecule has 0 aromatic heterocycles. The van der Waals surface area contributed by atoms with E-state index in [9.17, 15) is 15.0 Å². The fraction of sp³-hybridized carbons (Fsp3) is 0.904. The minimum Gasteiger partial charge on any atom is -0.469 e. The van der Waals surface area contributed by atoms with E-state index in [2.05, 4.69) is 60.6 Å². The second kappa shape index (κ2) is 23.0. The van der Waals surface area contributed by atoms with Crippen molar-refractivity contribution in [3.8, 4) is 0 Å². The molecule has 2 N–H and O–H groups in total. The summed E-state index contributed by atoms with van der Waals surface area (Å²) < 4.78 is 4.89. The zero-order chi connectivity index (χ0) is 50.1.